The summed E-state index contributed by atoms with van der Waals surface area (Å²) < 4.78 is 0. The molecule has 1 aliphatic carbocycles. The Morgan fingerprint density at radius 2 is 2.14 bits per heavy atom. The van der Waals surface area contributed by atoms with Crippen molar-refractivity contribution in [2.45, 2.75) is 46.0 Å². The van der Waals surface area contributed by atoms with Crippen LogP contribution in [0.1, 0.15) is 46.0 Å². The second kappa shape index (κ2) is 7.30. The Kier molecular flexibility index (Phi) is 6.72. The average Bonchev–Trinajstić information content (AvgIpc) is 2.56. The van der Waals surface area contributed by atoms with E-state index in [0.717, 1.165) is 24.8 Å². The zero-order valence-corrected chi connectivity index (χ0v) is 8.88. The molecule has 3 heteroatoms. The molecule has 0 heterocycles. The van der Waals surface area contributed by atoms with Crippen LogP contribution in [0, 0.1) is 0 Å². The molecule has 0 amide bonds. The van der Waals surface area contributed by atoms with E-state index in [1.54, 1.807) is 6.92 Å². The lowest BCUT2D eigenvalue weighted by molar-refractivity contribution is -0.137. The Labute approximate surface area is 84.8 Å². The maximum Gasteiger partial charge on any atom is 0.303 e. The minimum atomic E-state index is -0.711. The lowest BCUT2D eigenvalue weighted by Crippen LogP contribution is -1.90. The normalized spacial score (nSPS) is 14.0. The number of carboxylic acids is 1. The summed E-state index contributed by atoms with van der Waals surface area (Å²) >= 11 is 0. The molecule has 0 bridgehead atoms. The number of allylic oxidation sites excluding steroid dienone is 2. The van der Waals surface area contributed by atoms with Crippen LogP contribution >= 0.6 is 0 Å². The van der Waals surface area contributed by atoms with Crippen LogP contribution in [0.15, 0.2) is 11.6 Å². The van der Waals surface area contributed by atoms with E-state index < -0.39 is 5.97 Å². The Hall–Kier alpha value is -1.12. The number of carbonyl (C=O) groups is 2. The maximum absolute atomic E-state index is 10.6. The molecule has 0 unspecified atom stereocenters. The molecule has 0 spiro atoms. The lowest BCUT2D eigenvalue weighted by atomic mass is 10.2. The minimum absolute atomic E-state index is 0.252. The van der Waals surface area contributed by atoms with Gasteiger partial charge in [0, 0.05) is 6.42 Å². The highest BCUT2D eigenvalue weighted by atomic mass is 16.4. The van der Waals surface area contributed by atoms with E-state index in [1.165, 1.54) is 6.42 Å². The summed E-state index contributed by atoms with van der Waals surface area (Å²) in [5, 5.41) is 7.91. The van der Waals surface area contributed by atoms with Gasteiger partial charge in [-0.25, -0.2) is 0 Å². The van der Waals surface area contributed by atoms with Gasteiger partial charge in [0.25, 0.3) is 0 Å². The molecule has 0 aromatic heterocycles. The number of rotatable bonds is 3. The fourth-order valence-electron chi connectivity index (χ4n) is 1.20. The Bertz CT molecular complexity index is 229. The van der Waals surface area contributed by atoms with E-state index in [0.29, 0.717) is 6.42 Å². The SMILES string of the molecule is CC(=O)C1=CCCC1.CCCC(=O)O. The van der Waals surface area contributed by atoms with Gasteiger partial charge < -0.3 is 5.11 Å². The quantitative estimate of drug-likeness (QED) is 0.758. The van der Waals surface area contributed by atoms with Crippen LogP contribution < -0.4 is 0 Å². The third-order valence-corrected chi connectivity index (χ3v) is 1.96. The molecular formula is C11H18O3. The second-order valence-electron chi connectivity index (χ2n) is 3.32. The van der Waals surface area contributed by atoms with Gasteiger partial charge in [0.15, 0.2) is 5.78 Å². The summed E-state index contributed by atoms with van der Waals surface area (Å²) in [6, 6.07) is 0. The van der Waals surface area contributed by atoms with Crippen molar-refractivity contribution >= 4 is 11.8 Å². The minimum Gasteiger partial charge on any atom is -0.481 e. The van der Waals surface area contributed by atoms with Crippen LogP contribution in [0.25, 0.3) is 0 Å². The van der Waals surface area contributed by atoms with Gasteiger partial charge in [0.05, 0.1) is 0 Å². The molecule has 0 saturated carbocycles. The standard InChI is InChI=1S/C7H10O.C4H8O2/c1-6(8)7-4-2-3-5-7;1-2-3-4(5)6/h4H,2-3,5H2,1H3;2-3H2,1H3,(H,5,6). The van der Waals surface area contributed by atoms with E-state index >= 15 is 0 Å². The zero-order chi connectivity index (χ0) is 11.0. The van der Waals surface area contributed by atoms with Gasteiger partial charge in [0.1, 0.15) is 0 Å². The van der Waals surface area contributed by atoms with E-state index in [1.807, 2.05) is 13.0 Å². The number of aliphatic carboxylic acids is 1. The predicted molar refractivity (Wildman–Crippen MR) is 55.2 cm³/mol. The molecule has 1 rings (SSSR count). The molecule has 0 saturated heterocycles. The van der Waals surface area contributed by atoms with Crippen LogP contribution in [-0.2, 0) is 9.59 Å². The third-order valence-electron chi connectivity index (χ3n) is 1.96. The van der Waals surface area contributed by atoms with E-state index in [9.17, 15) is 9.59 Å². The predicted octanol–water partition coefficient (Wildman–Crippen LogP) is 2.56. The van der Waals surface area contributed by atoms with Crippen molar-refractivity contribution in [1.82, 2.24) is 0 Å². The van der Waals surface area contributed by atoms with Crippen molar-refractivity contribution in [3.05, 3.63) is 11.6 Å². The molecule has 0 atom stereocenters. The Morgan fingerprint density at radius 1 is 1.50 bits per heavy atom. The molecule has 0 radical (unpaired) electrons. The highest BCUT2D eigenvalue weighted by molar-refractivity contribution is 5.93. The van der Waals surface area contributed by atoms with Crippen molar-refractivity contribution in [1.29, 1.82) is 0 Å². The average molecular weight is 198 g/mol. The van der Waals surface area contributed by atoms with Crippen molar-refractivity contribution in [3.63, 3.8) is 0 Å². The van der Waals surface area contributed by atoms with Crippen LogP contribution in [-0.4, -0.2) is 16.9 Å². The largest absolute Gasteiger partial charge is 0.481 e. The number of hydrogen-bond donors (Lipinski definition) is 1. The highest BCUT2D eigenvalue weighted by Crippen LogP contribution is 2.17. The van der Waals surface area contributed by atoms with Crippen molar-refractivity contribution in [2.24, 2.45) is 0 Å². The van der Waals surface area contributed by atoms with Gasteiger partial charge in [-0.15, -0.1) is 0 Å². The number of ketones is 1. The fraction of sp³-hybridized carbons (Fsp3) is 0.636. The molecule has 1 aliphatic rings. The Balaban J connectivity index is 0.000000255. The summed E-state index contributed by atoms with van der Waals surface area (Å²) in [5.41, 5.74) is 1.03. The number of Topliss-reactive ketones (excluding diaryl/α,β-unsaturated/α-hetero) is 1. The third kappa shape index (κ3) is 6.40. The van der Waals surface area contributed by atoms with Crippen LogP contribution in [0.3, 0.4) is 0 Å². The van der Waals surface area contributed by atoms with Crippen molar-refractivity contribution < 1.29 is 14.7 Å². The summed E-state index contributed by atoms with van der Waals surface area (Å²) in [6.45, 7) is 3.48. The van der Waals surface area contributed by atoms with Gasteiger partial charge in [-0.05, 0) is 38.2 Å². The van der Waals surface area contributed by atoms with E-state index in [-0.39, 0.29) is 5.78 Å². The topological polar surface area (TPSA) is 54.4 Å². The number of carbonyl (C=O) groups excluding carboxylic acids is 1. The number of hydrogen-bond acceptors (Lipinski definition) is 2. The molecule has 0 aromatic carbocycles. The van der Waals surface area contributed by atoms with E-state index in [2.05, 4.69) is 0 Å². The number of carboxylic acid groups (broad SMARTS) is 1. The van der Waals surface area contributed by atoms with Crippen molar-refractivity contribution in [3.8, 4) is 0 Å². The van der Waals surface area contributed by atoms with Crippen LogP contribution in [0.2, 0.25) is 0 Å². The summed E-state index contributed by atoms with van der Waals surface area (Å²) in [4.78, 5) is 20.2. The van der Waals surface area contributed by atoms with Gasteiger partial charge >= 0.3 is 5.97 Å². The van der Waals surface area contributed by atoms with Crippen molar-refractivity contribution in [2.75, 3.05) is 0 Å². The summed E-state index contributed by atoms with van der Waals surface area (Å²) in [7, 11) is 0. The first-order chi connectivity index (χ1) is 6.57. The zero-order valence-electron chi connectivity index (χ0n) is 8.88. The smallest absolute Gasteiger partial charge is 0.303 e. The first kappa shape index (κ1) is 12.9. The lowest BCUT2D eigenvalue weighted by Gasteiger charge is -1.88. The molecule has 0 fully saturated rings. The van der Waals surface area contributed by atoms with Crippen LogP contribution in [0.4, 0.5) is 0 Å². The highest BCUT2D eigenvalue weighted by Gasteiger charge is 2.06. The first-order valence-electron chi connectivity index (χ1n) is 4.99. The first-order valence-corrected chi connectivity index (χ1v) is 4.99. The molecule has 80 valence electrons. The molecule has 1 N–H and O–H groups in total. The summed E-state index contributed by atoms with van der Waals surface area (Å²) in [5.74, 6) is -0.458. The monoisotopic (exact) mass is 198 g/mol. The fourth-order valence-corrected chi connectivity index (χ4v) is 1.20. The molecule has 3 nitrogen and oxygen atoms in total. The Morgan fingerprint density at radius 3 is 2.29 bits per heavy atom. The van der Waals surface area contributed by atoms with Gasteiger partial charge in [0.2, 0.25) is 0 Å². The maximum atomic E-state index is 10.6. The molecular weight excluding hydrogens is 180 g/mol. The van der Waals surface area contributed by atoms with Gasteiger partial charge in [-0.3, -0.25) is 9.59 Å². The van der Waals surface area contributed by atoms with E-state index in [4.69, 9.17) is 5.11 Å². The molecule has 0 aliphatic heterocycles. The summed E-state index contributed by atoms with van der Waals surface area (Å²) in [6.07, 6.45) is 6.36. The molecule has 0 aromatic rings. The van der Waals surface area contributed by atoms with Crippen LogP contribution in [0.5, 0.6) is 0 Å². The molecule has 14 heavy (non-hydrogen) atoms. The van der Waals surface area contributed by atoms with Gasteiger partial charge in [-0.2, -0.15) is 0 Å². The second-order valence-corrected chi connectivity index (χ2v) is 3.32. The van der Waals surface area contributed by atoms with Gasteiger partial charge in [-0.1, -0.05) is 13.0 Å².